The van der Waals surface area contributed by atoms with Crippen molar-refractivity contribution in [3.05, 3.63) is 58.1 Å². The first kappa shape index (κ1) is 15.6. The van der Waals surface area contributed by atoms with Gasteiger partial charge in [-0.3, -0.25) is 4.72 Å². The first-order valence-corrected chi connectivity index (χ1v) is 7.58. The maximum Gasteiger partial charge on any atom is 0.343 e. The van der Waals surface area contributed by atoms with Crippen LogP contribution in [-0.4, -0.2) is 14.4 Å². The number of hydrogen-bond acceptors (Lipinski definition) is 4. The number of halogens is 2. The summed E-state index contributed by atoms with van der Waals surface area (Å²) in [7, 11) is -2.84. The maximum absolute atomic E-state index is 11.9. The van der Waals surface area contributed by atoms with E-state index < -0.39 is 16.9 Å². The van der Waals surface area contributed by atoms with Crippen molar-refractivity contribution in [3.63, 3.8) is 0 Å². The van der Waals surface area contributed by atoms with E-state index in [4.69, 9.17) is 27.9 Å². The molecule has 0 unspecified atom stereocenters. The van der Waals surface area contributed by atoms with Gasteiger partial charge >= 0.3 is 5.97 Å². The van der Waals surface area contributed by atoms with Crippen LogP contribution in [0.5, 0.6) is 5.75 Å². The van der Waals surface area contributed by atoms with E-state index in [0.717, 1.165) is 0 Å². The van der Waals surface area contributed by atoms with Gasteiger partial charge in [-0.2, -0.15) is 0 Å². The Bertz CT molecular complexity index is 716. The lowest BCUT2D eigenvalue weighted by molar-refractivity contribution is 0.0735. The minimum absolute atomic E-state index is 0.0196. The van der Waals surface area contributed by atoms with Crippen LogP contribution in [0, 0.1) is 0 Å². The monoisotopic (exact) mass is 345 g/mol. The molecule has 0 spiro atoms. The first-order valence-electron chi connectivity index (χ1n) is 5.64. The van der Waals surface area contributed by atoms with Crippen LogP contribution in [0.4, 0.5) is 5.69 Å². The molecule has 0 saturated carbocycles. The molecule has 110 valence electrons. The van der Waals surface area contributed by atoms with E-state index in [0.29, 0.717) is 5.56 Å². The zero-order valence-electron chi connectivity index (χ0n) is 10.4. The Morgan fingerprint density at radius 3 is 2.14 bits per heavy atom. The lowest BCUT2D eigenvalue weighted by Gasteiger charge is -2.10. The lowest BCUT2D eigenvalue weighted by atomic mass is 10.2. The molecular weight excluding hydrogens is 337 g/mol. The molecule has 0 amide bonds. The Balaban J connectivity index is 2.27. The highest BCUT2D eigenvalue weighted by Crippen LogP contribution is 2.36. The number of rotatable bonds is 4. The summed E-state index contributed by atoms with van der Waals surface area (Å²) < 4.78 is 28.5. The summed E-state index contributed by atoms with van der Waals surface area (Å²) >= 11 is 11.9. The molecule has 0 saturated heterocycles. The van der Waals surface area contributed by atoms with Crippen molar-refractivity contribution >= 4 is 45.7 Å². The fourth-order valence-electron chi connectivity index (χ4n) is 1.55. The van der Waals surface area contributed by atoms with E-state index in [2.05, 4.69) is 4.72 Å². The van der Waals surface area contributed by atoms with Crippen molar-refractivity contribution in [2.75, 3.05) is 4.72 Å². The van der Waals surface area contributed by atoms with Crippen molar-refractivity contribution in [1.82, 2.24) is 0 Å². The molecule has 21 heavy (non-hydrogen) atoms. The Kier molecular flexibility index (Phi) is 5.06. The number of anilines is 1. The minimum atomic E-state index is -2.84. The summed E-state index contributed by atoms with van der Waals surface area (Å²) in [6.07, 6.45) is 0. The molecule has 0 bridgehead atoms. The molecule has 0 radical (unpaired) electrons. The second-order valence-electron chi connectivity index (χ2n) is 3.89. The zero-order valence-corrected chi connectivity index (χ0v) is 12.8. The van der Waals surface area contributed by atoms with Gasteiger partial charge in [0.25, 0.3) is 0 Å². The number of hydrogen-bond donors (Lipinski definition) is 2. The van der Waals surface area contributed by atoms with Gasteiger partial charge in [0.05, 0.1) is 21.3 Å². The minimum Gasteiger partial charge on any atom is -0.420 e. The lowest BCUT2D eigenvalue weighted by Crippen LogP contribution is -2.09. The zero-order chi connectivity index (χ0) is 15.4. The van der Waals surface area contributed by atoms with E-state index in [1.807, 2.05) is 0 Å². The van der Waals surface area contributed by atoms with Gasteiger partial charge < -0.3 is 4.74 Å². The summed E-state index contributed by atoms with van der Waals surface area (Å²) in [5, 5.41) is 0.0391. The van der Waals surface area contributed by atoms with Crippen molar-refractivity contribution < 1.29 is 17.9 Å². The molecule has 2 aromatic carbocycles. The van der Waals surface area contributed by atoms with E-state index in [-0.39, 0.29) is 21.5 Å². The fourth-order valence-corrected chi connectivity index (χ4v) is 2.46. The van der Waals surface area contributed by atoms with Crippen LogP contribution in [0.2, 0.25) is 10.0 Å². The SMILES string of the molecule is O=C(Oc1c(Cl)cc(N[SH](=O)=O)cc1Cl)c1ccccc1. The highest BCUT2D eigenvalue weighted by atomic mass is 35.5. The third kappa shape index (κ3) is 4.10. The Hall–Kier alpha value is -1.76. The molecular formula is C13H9Cl2NO4S. The third-order valence-electron chi connectivity index (χ3n) is 2.42. The van der Waals surface area contributed by atoms with E-state index >= 15 is 0 Å². The van der Waals surface area contributed by atoms with Gasteiger partial charge in [0, 0.05) is 0 Å². The normalized spacial score (nSPS) is 10.4. The van der Waals surface area contributed by atoms with Crippen molar-refractivity contribution in [3.8, 4) is 5.75 Å². The molecule has 2 rings (SSSR count). The highest BCUT2D eigenvalue weighted by molar-refractivity contribution is 7.73. The standard InChI is InChI=1S/C13H9Cl2NO4S/c14-10-6-9(16-21(18)19)7-11(15)12(10)20-13(17)8-4-2-1-3-5-8/h1-7,21H,(H,16,18,19). The smallest absolute Gasteiger partial charge is 0.343 e. The van der Waals surface area contributed by atoms with Gasteiger partial charge in [0.15, 0.2) is 5.75 Å². The van der Waals surface area contributed by atoms with Gasteiger partial charge in [0.1, 0.15) is 0 Å². The fraction of sp³-hybridized carbons (Fsp3) is 0. The molecule has 5 nitrogen and oxygen atoms in total. The summed E-state index contributed by atoms with van der Waals surface area (Å²) in [6.45, 7) is 0. The van der Waals surface area contributed by atoms with E-state index in [1.54, 1.807) is 30.3 Å². The first-order chi connectivity index (χ1) is 9.97. The largest absolute Gasteiger partial charge is 0.420 e. The third-order valence-corrected chi connectivity index (χ3v) is 3.43. The average Bonchev–Trinajstić information content (AvgIpc) is 2.43. The number of ether oxygens (including phenoxy) is 1. The predicted octanol–water partition coefficient (Wildman–Crippen LogP) is 3.15. The molecule has 0 fully saturated rings. The van der Waals surface area contributed by atoms with Gasteiger partial charge in [-0.05, 0) is 24.3 Å². The molecule has 8 heteroatoms. The van der Waals surface area contributed by atoms with E-state index in [9.17, 15) is 13.2 Å². The topological polar surface area (TPSA) is 72.5 Å². The van der Waals surface area contributed by atoms with E-state index in [1.165, 1.54) is 12.1 Å². The van der Waals surface area contributed by atoms with Crippen molar-refractivity contribution in [1.29, 1.82) is 0 Å². The molecule has 0 atom stereocenters. The molecule has 1 N–H and O–H groups in total. The maximum atomic E-state index is 11.9. The summed E-state index contributed by atoms with van der Waals surface area (Å²) in [6, 6.07) is 10.9. The molecule has 0 aliphatic carbocycles. The number of carbonyl (C=O) groups is 1. The van der Waals surface area contributed by atoms with Crippen LogP contribution >= 0.6 is 23.2 Å². The second-order valence-corrected chi connectivity index (χ2v) is 5.45. The molecule has 0 aliphatic heterocycles. The molecule has 0 heterocycles. The Labute approximate surface area is 132 Å². The van der Waals surface area contributed by atoms with Gasteiger partial charge in [-0.1, -0.05) is 41.4 Å². The quantitative estimate of drug-likeness (QED) is 0.507. The second kappa shape index (κ2) is 6.80. The number of esters is 1. The average molecular weight is 346 g/mol. The van der Waals surface area contributed by atoms with Gasteiger partial charge in [0.2, 0.25) is 10.9 Å². The van der Waals surface area contributed by atoms with Crippen molar-refractivity contribution in [2.24, 2.45) is 0 Å². The number of carbonyl (C=O) groups excluding carboxylic acids is 1. The highest BCUT2D eigenvalue weighted by Gasteiger charge is 2.15. The summed E-state index contributed by atoms with van der Waals surface area (Å²) in [5.41, 5.74) is 0.523. The van der Waals surface area contributed by atoms with Crippen LogP contribution in [0.3, 0.4) is 0 Å². The van der Waals surface area contributed by atoms with Crippen LogP contribution in [-0.2, 0) is 10.9 Å². The Morgan fingerprint density at radius 1 is 1.05 bits per heavy atom. The van der Waals surface area contributed by atoms with Crippen molar-refractivity contribution in [2.45, 2.75) is 0 Å². The molecule has 2 aromatic rings. The van der Waals surface area contributed by atoms with Crippen LogP contribution in [0.15, 0.2) is 42.5 Å². The molecule has 0 aromatic heterocycles. The Morgan fingerprint density at radius 2 is 1.62 bits per heavy atom. The predicted molar refractivity (Wildman–Crippen MR) is 81.8 cm³/mol. The molecule has 0 aliphatic rings. The summed E-state index contributed by atoms with van der Waals surface area (Å²) in [5.74, 6) is -0.645. The number of benzene rings is 2. The van der Waals surface area contributed by atoms with Gasteiger partial charge in [-0.25, -0.2) is 13.2 Å². The van der Waals surface area contributed by atoms with Crippen LogP contribution in [0.1, 0.15) is 10.4 Å². The summed E-state index contributed by atoms with van der Waals surface area (Å²) in [4.78, 5) is 11.9. The number of thiol groups is 1. The van der Waals surface area contributed by atoms with Gasteiger partial charge in [-0.15, -0.1) is 0 Å². The van der Waals surface area contributed by atoms with Crippen LogP contribution in [0.25, 0.3) is 0 Å². The van der Waals surface area contributed by atoms with Crippen LogP contribution < -0.4 is 9.46 Å². The number of nitrogens with one attached hydrogen (secondary N) is 1.